The summed E-state index contributed by atoms with van der Waals surface area (Å²) in [6.07, 6.45) is 4.51. The van der Waals surface area contributed by atoms with Gasteiger partial charge >= 0.3 is 0 Å². The lowest BCUT2D eigenvalue weighted by molar-refractivity contribution is -0.0685. The molecule has 1 aliphatic carbocycles. The van der Waals surface area contributed by atoms with Gasteiger partial charge in [0.05, 0.1) is 0 Å². The van der Waals surface area contributed by atoms with Gasteiger partial charge < -0.3 is 10.8 Å². The van der Waals surface area contributed by atoms with Crippen molar-refractivity contribution in [3.05, 3.63) is 22.4 Å². The molecule has 3 N–H and O–H groups in total. The van der Waals surface area contributed by atoms with Gasteiger partial charge in [-0.3, -0.25) is 0 Å². The molecule has 0 radical (unpaired) electrons. The van der Waals surface area contributed by atoms with Crippen molar-refractivity contribution in [3.63, 3.8) is 0 Å². The second kappa shape index (κ2) is 4.71. The minimum Gasteiger partial charge on any atom is -0.384 e. The minimum atomic E-state index is -0.778. The number of nitrogens with two attached hydrogens (primary N) is 1. The average molecular weight is 253 g/mol. The molecule has 1 aromatic rings. The van der Waals surface area contributed by atoms with E-state index < -0.39 is 5.60 Å². The van der Waals surface area contributed by atoms with Gasteiger partial charge in [0.15, 0.2) is 0 Å². The molecular weight excluding hydrogens is 230 g/mol. The van der Waals surface area contributed by atoms with E-state index in [4.69, 9.17) is 5.73 Å². The van der Waals surface area contributed by atoms with Crippen LogP contribution in [-0.2, 0) is 5.60 Å². The van der Waals surface area contributed by atoms with Crippen LogP contribution in [0.5, 0.6) is 0 Å². The highest BCUT2D eigenvalue weighted by molar-refractivity contribution is 7.10. The van der Waals surface area contributed by atoms with Crippen LogP contribution in [0, 0.1) is 11.3 Å². The van der Waals surface area contributed by atoms with Gasteiger partial charge in [-0.25, -0.2) is 0 Å². The Bertz CT molecular complexity index is 360. The summed E-state index contributed by atoms with van der Waals surface area (Å²) in [4.78, 5) is 1.06. The Balaban J connectivity index is 2.30. The molecule has 3 unspecified atom stereocenters. The van der Waals surface area contributed by atoms with Crippen molar-refractivity contribution < 1.29 is 5.11 Å². The van der Waals surface area contributed by atoms with Crippen molar-refractivity contribution in [1.29, 1.82) is 0 Å². The van der Waals surface area contributed by atoms with Crippen molar-refractivity contribution in [1.82, 2.24) is 0 Å². The summed E-state index contributed by atoms with van der Waals surface area (Å²) in [6.45, 7) is 4.76. The molecule has 1 aliphatic rings. The quantitative estimate of drug-likeness (QED) is 0.866. The van der Waals surface area contributed by atoms with E-state index in [1.807, 2.05) is 24.4 Å². The summed E-state index contributed by atoms with van der Waals surface area (Å²) in [5.74, 6) is 0.727. The number of thiophene rings is 1. The number of rotatable bonds is 4. The van der Waals surface area contributed by atoms with Crippen LogP contribution in [0.2, 0.25) is 0 Å². The predicted molar refractivity (Wildman–Crippen MR) is 73.0 cm³/mol. The Morgan fingerprint density at radius 3 is 2.88 bits per heavy atom. The molecule has 96 valence electrons. The molecular formula is C14H23NOS. The summed E-state index contributed by atoms with van der Waals surface area (Å²) in [7, 11) is 0. The molecule has 1 fully saturated rings. The highest BCUT2D eigenvalue weighted by Crippen LogP contribution is 2.54. The average Bonchev–Trinajstić information content (AvgIpc) is 2.99. The molecule has 2 nitrogen and oxygen atoms in total. The van der Waals surface area contributed by atoms with Crippen molar-refractivity contribution in [2.45, 2.75) is 45.1 Å². The van der Waals surface area contributed by atoms with Gasteiger partial charge in [-0.15, -0.1) is 11.3 Å². The molecule has 1 heterocycles. The van der Waals surface area contributed by atoms with Crippen LogP contribution in [-0.4, -0.2) is 11.7 Å². The van der Waals surface area contributed by atoms with Gasteiger partial charge in [0.2, 0.25) is 0 Å². The van der Waals surface area contributed by atoms with Crippen molar-refractivity contribution in [3.8, 4) is 0 Å². The van der Waals surface area contributed by atoms with Crippen LogP contribution in [0.3, 0.4) is 0 Å². The van der Waals surface area contributed by atoms with Crippen molar-refractivity contribution >= 4 is 11.3 Å². The molecule has 2 rings (SSSR count). The lowest BCUT2D eigenvalue weighted by Gasteiger charge is -2.42. The van der Waals surface area contributed by atoms with Crippen LogP contribution in [0.4, 0.5) is 0 Å². The first-order valence-corrected chi connectivity index (χ1v) is 7.40. The normalized spacial score (nSPS) is 32.6. The standard InChI is InChI=1S/C14H23NOS/c1-3-11-6-7-14(9-11,10-15)13(2,16)12-5-4-8-17-12/h4-5,8,11,16H,3,6-7,9-10,15H2,1-2H3. The van der Waals surface area contributed by atoms with E-state index in [1.54, 1.807) is 11.3 Å². The van der Waals surface area contributed by atoms with Crippen LogP contribution in [0.15, 0.2) is 17.5 Å². The Morgan fingerprint density at radius 2 is 2.41 bits per heavy atom. The van der Waals surface area contributed by atoms with E-state index in [2.05, 4.69) is 6.92 Å². The maximum Gasteiger partial charge on any atom is 0.103 e. The summed E-state index contributed by atoms with van der Waals surface area (Å²) in [6, 6.07) is 4.03. The van der Waals surface area contributed by atoms with Crippen LogP contribution < -0.4 is 5.73 Å². The largest absolute Gasteiger partial charge is 0.384 e. The first-order chi connectivity index (χ1) is 8.05. The molecule has 0 aliphatic heterocycles. The van der Waals surface area contributed by atoms with E-state index in [0.717, 1.165) is 23.6 Å². The molecule has 3 heteroatoms. The minimum absolute atomic E-state index is 0.126. The van der Waals surface area contributed by atoms with Crippen LogP contribution in [0.1, 0.15) is 44.4 Å². The summed E-state index contributed by atoms with van der Waals surface area (Å²) in [5, 5.41) is 13.0. The zero-order valence-electron chi connectivity index (χ0n) is 10.8. The molecule has 1 aromatic heterocycles. The molecule has 0 spiro atoms. The Kier molecular flexibility index (Phi) is 3.62. The first-order valence-electron chi connectivity index (χ1n) is 6.52. The number of hydrogen-bond donors (Lipinski definition) is 2. The van der Waals surface area contributed by atoms with E-state index in [-0.39, 0.29) is 5.41 Å². The van der Waals surface area contributed by atoms with Crippen LogP contribution >= 0.6 is 11.3 Å². The fourth-order valence-corrected chi connectivity index (χ4v) is 4.14. The fraction of sp³-hybridized carbons (Fsp3) is 0.714. The van der Waals surface area contributed by atoms with Crippen molar-refractivity contribution in [2.75, 3.05) is 6.54 Å². The monoisotopic (exact) mass is 253 g/mol. The smallest absolute Gasteiger partial charge is 0.103 e. The second-order valence-corrected chi connectivity index (χ2v) is 6.50. The van der Waals surface area contributed by atoms with E-state index >= 15 is 0 Å². The summed E-state index contributed by atoms with van der Waals surface area (Å²) < 4.78 is 0. The van der Waals surface area contributed by atoms with Crippen LogP contribution in [0.25, 0.3) is 0 Å². The van der Waals surface area contributed by atoms with E-state index in [1.165, 1.54) is 12.8 Å². The molecule has 1 saturated carbocycles. The summed E-state index contributed by atoms with van der Waals surface area (Å²) >= 11 is 1.63. The predicted octanol–water partition coefficient (Wildman–Crippen LogP) is 3.11. The lowest BCUT2D eigenvalue weighted by Crippen LogP contribution is -2.46. The fourth-order valence-electron chi connectivity index (χ4n) is 3.23. The zero-order chi connectivity index (χ0) is 12.5. The number of aliphatic hydroxyl groups is 1. The van der Waals surface area contributed by atoms with E-state index in [0.29, 0.717) is 6.54 Å². The van der Waals surface area contributed by atoms with Gasteiger partial charge in [0, 0.05) is 16.8 Å². The molecule has 0 saturated heterocycles. The number of hydrogen-bond acceptors (Lipinski definition) is 3. The zero-order valence-corrected chi connectivity index (χ0v) is 11.6. The van der Waals surface area contributed by atoms with Gasteiger partial charge in [0.1, 0.15) is 5.60 Å². The molecule has 0 aromatic carbocycles. The lowest BCUT2D eigenvalue weighted by atomic mass is 9.70. The second-order valence-electron chi connectivity index (χ2n) is 5.55. The van der Waals surface area contributed by atoms with E-state index in [9.17, 15) is 5.11 Å². The highest BCUT2D eigenvalue weighted by Gasteiger charge is 2.51. The maximum absolute atomic E-state index is 11.0. The topological polar surface area (TPSA) is 46.2 Å². The Morgan fingerprint density at radius 1 is 1.65 bits per heavy atom. The third-order valence-corrected chi connectivity index (χ3v) is 5.79. The third kappa shape index (κ3) is 2.05. The highest BCUT2D eigenvalue weighted by atomic mass is 32.1. The molecule has 0 amide bonds. The molecule has 17 heavy (non-hydrogen) atoms. The van der Waals surface area contributed by atoms with Gasteiger partial charge in [-0.2, -0.15) is 0 Å². The molecule has 0 bridgehead atoms. The third-order valence-electron chi connectivity index (χ3n) is 4.71. The summed E-state index contributed by atoms with van der Waals surface area (Å²) in [5.41, 5.74) is 5.12. The maximum atomic E-state index is 11.0. The Hall–Kier alpha value is -0.380. The van der Waals surface area contributed by atoms with Gasteiger partial charge in [0.25, 0.3) is 0 Å². The van der Waals surface area contributed by atoms with Crippen molar-refractivity contribution in [2.24, 2.45) is 17.1 Å². The van der Waals surface area contributed by atoms with Gasteiger partial charge in [-0.1, -0.05) is 19.4 Å². The van der Waals surface area contributed by atoms with Gasteiger partial charge in [-0.05, 0) is 43.6 Å². The Labute approximate surface area is 108 Å². The SMILES string of the molecule is CCC1CCC(CN)(C(C)(O)c2cccs2)C1. The molecule has 3 atom stereocenters. The first kappa shape index (κ1) is 13.1.